The van der Waals surface area contributed by atoms with Gasteiger partial charge in [0.1, 0.15) is 5.82 Å². The van der Waals surface area contributed by atoms with Gasteiger partial charge in [-0.2, -0.15) is 0 Å². The molecule has 2 aliphatic rings. The molecular formula is C23H26ClN5OS. The standard InChI is InChI=1S/C23H26ClN5OS/c1-14-9-15(2)22(26-11-14)17-10-21(25-12-18(17)24)29-8-5-19-20(13-29)31-23(27-19)28-6-3-16(30)4-7-28/h9-12,16,30H,3-8,13H2,1-2H3. The Kier molecular flexibility index (Phi) is 5.58. The van der Waals surface area contributed by atoms with E-state index in [-0.39, 0.29) is 6.10 Å². The maximum Gasteiger partial charge on any atom is 0.185 e. The predicted molar refractivity (Wildman–Crippen MR) is 126 cm³/mol. The van der Waals surface area contributed by atoms with E-state index in [1.165, 1.54) is 10.6 Å². The van der Waals surface area contributed by atoms with E-state index in [0.717, 1.165) is 78.8 Å². The number of aromatic nitrogens is 3. The molecule has 5 heterocycles. The van der Waals surface area contributed by atoms with E-state index in [0.29, 0.717) is 5.02 Å². The summed E-state index contributed by atoms with van der Waals surface area (Å²) >= 11 is 8.28. The molecule has 2 aliphatic heterocycles. The molecule has 0 amide bonds. The first kappa shape index (κ1) is 20.7. The number of piperidine rings is 1. The van der Waals surface area contributed by atoms with E-state index in [9.17, 15) is 5.11 Å². The summed E-state index contributed by atoms with van der Waals surface area (Å²) in [6.07, 6.45) is 5.99. The first-order chi connectivity index (χ1) is 15.0. The van der Waals surface area contributed by atoms with Gasteiger partial charge < -0.3 is 14.9 Å². The number of aryl methyl sites for hydroxylation is 2. The number of rotatable bonds is 3. The summed E-state index contributed by atoms with van der Waals surface area (Å²) in [5.41, 5.74) is 5.28. The van der Waals surface area contributed by atoms with Crippen molar-refractivity contribution in [1.29, 1.82) is 0 Å². The van der Waals surface area contributed by atoms with Gasteiger partial charge in [-0.1, -0.05) is 29.0 Å². The van der Waals surface area contributed by atoms with Crippen molar-refractivity contribution in [2.24, 2.45) is 0 Å². The number of halogens is 1. The van der Waals surface area contributed by atoms with Crippen LogP contribution in [-0.2, 0) is 13.0 Å². The van der Waals surface area contributed by atoms with E-state index in [2.05, 4.69) is 38.8 Å². The molecule has 0 aliphatic carbocycles. The lowest BCUT2D eigenvalue weighted by atomic mass is 10.1. The highest BCUT2D eigenvalue weighted by Crippen LogP contribution is 2.36. The van der Waals surface area contributed by atoms with Gasteiger partial charge in [0.15, 0.2) is 5.13 Å². The third kappa shape index (κ3) is 4.14. The molecule has 0 spiro atoms. The number of hydrogen-bond donors (Lipinski definition) is 1. The molecule has 1 N–H and O–H groups in total. The third-order valence-corrected chi connectivity index (χ3v) is 7.53. The number of thiazole rings is 1. The van der Waals surface area contributed by atoms with Crippen LogP contribution in [0.3, 0.4) is 0 Å². The second-order valence-electron chi connectivity index (χ2n) is 8.46. The van der Waals surface area contributed by atoms with Crippen molar-refractivity contribution in [3.8, 4) is 11.3 Å². The maximum absolute atomic E-state index is 9.78. The number of nitrogens with zero attached hydrogens (tertiary/aromatic N) is 5. The zero-order valence-electron chi connectivity index (χ0n) is 17.8. The van der Waals surface area contributed by atoms with Crippen LogP contribution in [0.4, 0.5) is 10.9 Å². The lowest BCUT2D eigenvalue weighted by molar-refractivity contribution is 0.145. The molecule has 8 heteroatoms. The van der Waals surface area contributed by atoms with E-state index in [4.69, 9.17) is 16.6 Å². The Hall–Kier alpha value is -2.22. The summed E-state index contributed by atoms with van der Waals surface area (Å²) < 4.78 is 0. The average molecular weight is 456 g/mol. The molecule has 31 heavy (non-hydrogen) atoms. The van der Waals surface area contributed by atoms with Crippen molar-refractivity contribution >= 4 is 33.9 Å². The number of fused-ring (bicyclic) bond motifs is 1. The van der Waals surface area contributed by atoms with Gasteiger partial charge in [-0.15, -0.1) is 0 Å². The summed E-state index contributed by atoms with van der Waals surface area (Å²) in [5, 5.41) is 11.5. The normalized spacial score (nSPS) is 17.2. The number of aliphatic hydroxyl groups is 1. The number of aliphatic hydroxyl groups excluding tert-OH is 1. The smallest absolute Gasteiger partial charge is 0.185 e. The lowest BCUT2D eigenvalue weighted by Gasteiger charge is -2.29. The first-order valence-electron chi connectivity index (χ1n) is 10.7. The minimum Gasteiger partial charge on any atom is -0.393 e. The molecule has 1 saturated heterocycles. The molecule has 6 nitrogen and oxygen atoms in total. The minimum absolute atomic E-state index is 0.168. The molecule has 162 valence electrons. The number of pyridine rings is 2. The molecule has 0 radical (unpaired) electrons. The summed E-state index contributed by atoms with van der Waals surface area (Å²) in [7, 11) is 0. The number of anilines is 2. The molecule has 3 aromatic rings. The van der Waals surface area contributed by atoms with Crippen molar-refractivity contribution < 1.29 is 5.11 Å². The van der Waals surface area contributed by atoms with Gasteiger partial charge in [0, 0.05) is 48.9 Å². The largest absolute Gasteiger partial charge is 0.393 e. The van der Waals surface area contributed by atoms with Crippen LogP contribution >= 0.6 is 22.9 Å². The Morgan fingerprint density at radius 3 is 2.65 bits per heavy atom. The van der Waals surface area contributed by atoms with Crippen LogP contribution in [0.15, 0.2) is 24.5 Å². The van der Waals surface area contributed by atoms with E-state index >= 15 is 0 Å². The Morgan fingerprint density at radius 2 is 1.87 bits per heavy atom. The minimum atomic E-state index is -0.168. The van der Waals surface area contributed by atoms with E-state index in [1.807, 2.05) is 13.1 Å². The quantitative estimate of drug-likeness (QED) is 0.631. The average Bonchev–Trinajstić information content (AvgIpc) is 3.18. The summed E-state index contributed by atoms with van der Waals surface area (Å²) in [6.45, 7) is 7.55. The Bertz CT molecular complexity index is 1110. The van der Waals surface area contributed by atoms with Gasteiger partial charge in [0.05, 0.1) is 29.1 Å². The summed E-state index contributed by atoms with van der Waals surface area (Å²) in [6, 6.07) is 4.19. The fraction of sp³-hybridized carbons (Fsp3) is 0.435. The van der Waals surface area contributed by atoms with E-state index in [1.54, 1.807) is 17.5 Å². The second-order valence-corrected chi connectivity index (χ2v) is 9.93. The maximum atomic E-state index is 9.78. The topological polar surface area (TPSA) is 65.4 Å². The predicted octanol–water partition coefficient (Wildman–Crippen LogP) is 4.39. The van der Waals surface area contributed by atoms with Crippen molar-refractivity contribution in [2.75, 3.05) is 29.4 Å². The monoisotopic (exact) mass is 455 g/mol. The summed E-state index contributed by atoms with van der Waals surface area (Å²) in [4.78, 5) is 20.1. The van der Waals surface area contributed by atoms with Gasteiger partial charge in [-0.3, -0.25) is 4.98 Å². The van der Waals surface area contributed by atoms with Gasteiger partial charge >= 0.3 is 0 Å². The lowest BCUT2D eigenvalue weighted by Crippen LogP contribution is -2.35. The second kappa shape index (κ2) is 8.37. The molecule has 0 bridgehead atoms. The van der Waals surface area contributed by atoms with Gasteiger partial charge in [-0.05, 0) is 43.9 Å². The zero-order chi connectivity index (χ0) is 21.5. The fourth-order valence-electron chi connectivity index (χ4n) is 4.35. The molecule has 0 unspecified atom stereocenters. The molecule has 3 aromatic heterocycles. The first-order valence-corrected chi connectivity index (χ1v) is 11.9. The fourth-order valence-corrected chi connectivity index (χ4v) is 5.72. The highest BCUT2D eigenvalue weighted by atomic mass is 35.5. The Labute approximate surface area is 191 Å². The van der Waals surface area contributed by atoms with Crippen molar-refractivity contribution in [1.82, 2.24) is 15.0 Å². The van der Waals surface area contributed by atoms with Crippen LogP contribution in [0.25, 0.3) is 11.3 Å². The number of hydrogen-bond acceptors (Lipinski definition) is 7. The molecular weight excluding hydrogens is 430 g/mol. The molecule has 0 atom stereocenters. The van der Waals surface area contributed by atoms with Crippen LogP contribution in [0, 0.1) is 13.8 Å². The van der Waals surface area contributed by atoms with Crippen LogP contribution in [0.2, 0.25) is 5.02 Å². The van der Waals surface area contributed by atoms with Gasteiger partial charge in [0.25, 0.3) is 0 Å². The van der Waals surface area contributed by atoms with Crippen LogP contribution in [-0.4, -0.2) is 45.8 Å². The van der Waals surface area contributed by atoms with Crippen molar-refractivity contribution in [3.05, 3.63) is 51.2 Å². The highest BCUT2D eigenvalue weighted by molar-refractivity contribution is 7.15. The van der Waals surface area contributed by atoms with Crippen molar-refractivity contribution in [3.63, 3.8) is 0 Å². The summed E-state index contributed by atoms with van der Waals surface area (Å²) in [5.74, 6) is 0.919. The molecule has 1 fully saturated rings. The Morgan fingerprint density at radius 1 is 1.06 bits per heavy atom. The van der Waals surface area contributed by atoms with Gasteiger partial charge in [0.2, 0.25) is 0 Å². The molecule has 0 saturated carbocycles. The zero-order valence-corrected chi connectivity index (χ0v) is 19.4. The Balaban J connectivity index is 1.39. The van der Waals surface area contributed by atoms with Gasteiger partial charge in [-0.25, -0.2) is 9.97 Å². The molecule has 0 aromatic carbocycles. The van der Waals surface area contributed by atoms with Crippen LogP contribution in [0.1, 0.15) is 34.5 Å². The van der Waals surface area contributed by atoms with Crippen LogP contribution in [0.5, 0.6) is 0 Å². The third-order valence-electron chi connectivity index (χ3n) is 6.09. The molecule has 5 rings (SSSR count). The SMILES string of the molecule is Cc1cnc(-c2cc(N3CCc4nc(N5CCC(O)CC5)sc4C3)ncc2Cl)c(C)c1. The van der Waals surface area contributed by atoms with Crippen LogP contribution < -0.4 is 9.80 Å². The van der Waals surface area contributed by atoms with Crippen molar-refractivity contribution in [2.45, 2.75) is 45.8 Å². The highest BCUT2D eigenvalue weighted by Gasteiger charge is 2.26. The van der Waals surface area contributed by atoms with E-state index < -0.39 is 0 Å².